The first-order valence-corrected chi connectivity index (χ1v) is 7.09. The third-order valence-electron chi connectivity index (χ3n) is 3.56. The Bertz CT molecular complexity index is 562. The Morgan fingerprint density at radius 2 is 2.20 bits per heavy atom. The molecule has 2 N–H and O–H groups in total. The molecule has 5 heteroatoms. The number of rotatable bonds is 5. The molecule has 5 nitrogen and oxygen atoms in total. The monoisotopic (exact) mass is 273 g/mol. The lowest BCUT2D eigenvalue weighted by Gasteiger charge is -2.04. The predicted molar refractivity (Wildman–Crippen MR) is 75.2 cm³/mol. The van der Waals surface area contributed by atoms with Crippen molar-refractivity contribution >= 4 is 0 Å². The maximum atomic E-state index is 5.64. The summed E-state index contributed by atoms with van der Waals surface area (Å²) in [4.78, 5) is 4.49. The van der Waals surface area contributed by atoms with Crippen molar-refractivity contribution in [2.24, 2.45) is 5.73 Å². The van der Waals surface area contributed by atoms with Crippen LogP contribution in [-0.4, -0.2) is 29.4 Å². The molecule has 1 aliphatic heterocycles. The Hall–Kier alpha value is -1.72. The average molecular weight is 273 g/mol. The van der Waals surface area contributed by atoms with E-state index in [1.54, 1.807) is 0 Å². The second kappa shape index (κ2) is 6.15. The van der Waals surface area contributed by atoms with Crippen LogP contribution >= 0.6 is 0 Å². The third kappa shape index (κ3) is 2.89. The van der Waals surface area contributed by atoms with Crippen LogP contribution in [0.3, 0.4) is 0 Å². The number of nitrogens with zero attached hydrogens (tertiary/aromatic N) is 2. The number of ether oxygens (including phenoxy) is 1. The fourth-order valence-electron chi connectivity index (χ4n) is 2.56. The summed E-state index contributed by atoms with van der Waals surface area (Å²) in [6.45, 7) is 1.45. The predicted octanol–water partition coefficient (Wildman–Crippen LogP) is 1.96. The molecular formula is C15H19N3O2. The first-order valence-electron chi connectivity index (χ1n) is 7.09. The molecular weight excluding hydrogens is 254 g/mol. The second-order valence-electron chi connectivity index (χ2n) is 5.05. The Balaban J connectivity index is 1.78. The molecule has 0 amide bonds. The highest BCUT2D eigenvalue weighted by molar-refractivity contribution is 5.58. The Labute approximate surface area is 118 Å². The molecule has 3 rings (SSSR count). The second-order valence-corrected chi connectivity index (χ2v) is 5.05. The lowest BCUT2D eigenvalue weighted by molar-refractivity contribution is 0.109. The number of benzene rings is 1. The van der Waals surface area contributed by atoms with Crippen LogP contribution in [-0.2, 0) is 17.6 Å². The van der Waals surface area contributed by atoms with Crippen molar-refractivity contribution < 1.29 is 9.26 Å². The van der Waals surface area contributed by atoms with Crippen LogP contribution in [0.25, 0.3) is 11.5 Å². The minimum absolute atomic E-state index is 0.236. The first kappa shape index (κ1) is 13.3. The topological polar surface area (TPSA) is 74.2 Å². The molecule has 2 heterocycles. The van der Waals surface area contributed by atoms with Crippen LogP contribution in [0.1, 0.15) is 24.2 Å². The van der Waals surface area contributed by atoms with Gasteiger partial charge in [0.15, 0.2) is 5.82 Å². The number of hydrogen-bond acceptors (Lipinski definition) is 5. The highest BCUT2D eigenvalue weighted by Crippen LogP contribution is 2.23. The lowest BCUT2D eigenvalue weighted by Crippen LogP contribution is -2.09. The third-order valence-corrected chi connectivity index (χ3v) is 3.56. The van der Waals surface area contributed by atoms with Crippen LogP contribution in [0.15, 0.2) is 28.8 Å². The summed E-state index contributed by atoms with van der Waals surface area (Å²) in [6, 6.07) is 8.01. The van der Waals surface area contributed by atoms with E-state index >= 15 is 0 Å². The molecule has 1 aromatic heterocycles. The molecule has 1 unspecified atom stereocenters. The van der Waals surface area contributed by atoms with E-state index in [1.807, 2.05) is 24.3 Å². The van der Waals surface area contributed by atoms with Gasteiger partial charge in [-0.05, 0) is 37.4 Å². The van der Waals surface area contributed by atoms with E-state index in [1.165, 1.54) is 0 Å². The van der Waals surface area contributed by atoms with E-state index in [9.17, 15) is 0 Å². The smallest absolute Gasteiger partial charge is 0.258 e. The van der Waals surface area contributed by atoms with Crippen molar-refractivity contribution in [3.05, 3.63) is 35.7 Å². The van der Waals surface area contributed by atoms with E-state index in [0.717, 1.165) is 49.2 Å². The van der Waals surface area contributed by atoms with Crippen molar-refractivity contribution in [3.8, 4) is 11.5 Å². The highest BCUT2D eigenvalue weighted by atomic mass is 16.5. The van der Waals surface area contributed by atoms with E-state index in [-0.39, 0.29) is 6.10 Å². The molecule has 0 spiro atoms. The summed E-state index contributed by atoms with van der Waals surface area (Å²) in [7, 11) is 0. The fourth-order valence-corrected chi connectivity index (χ4v) is 2.56. The molecule has 2 aromatic rings. The van der Waals surface area contributed by atoms with E-state index in [0.29, 0.717) is 12.4 Å². The molecule has 1 saturated heterocycles. The van der Waals surface area contributed by atoms with Gasteiger partial charge in [0, 0.05) is 18.6 Å². The molecule has 1 aliphatic rings. The van der Waals surface area contributed by atoms with Gasteiger partial charge >= 0.3 is 0 Å². The van der Waals surface area contributed by atoms with E-state index < -0.39 is 0 Å². The Morgan fingerprint density at radius 1 is 1.30 bits per heavy atom. The minimum Gasteiger partial charge on any atom is -0.378 e. The van der Waals surface area contributed by atoms with Crippen LogP contribution in [0.5, 0.6) is 0 Å². The van der Waals surface area contributed by atoms with Gasteiger partial charge in [-0.25, -0.2) is 0 Å². The van der Waals surface area contributed by atoms with Gasteiger partial charge in [-0.15, -0.1) is 0 Å². The van der Waals surface area contributed by atoms with Gasteiger partial charge in [-0.2, -0.15) is 4.98 Å². The molecule has 20 heavy (non-hydrogen) atoms. The largest absolute Gasteiger partial charge is 0.378 e. The van der Waals surface area contributed by atoms with Crippen molar-refractivity contribution in [1.29, 1.82) is 0 Å². The Kier molecular flexibility index (Phi) is 4.08. The van der Waals surface area contributed by atoms with Gasteiger partial charge in [-0.1, -0.05) is 23.4 Å². The minimum atomic E-state index is 0.236. The van der Waals surface area contributed by atoms with Crippen LogP contribution in [0.2, 0.25) is 0 Å². The zero-order valence-corrected chi connectivity index (χ0v) is 11.4. The molecule has 106 valence electrons. The molecule has 1 atom stereocenters. The quantitative estimate of drug-likeness (QED) is 0.901. The SMILES string of the molecule is NCCc1ccccc1-c1nc(CC2CCCO2)no1. The standard InChI is InChI=1S/C15H19N3O2/c16-8-7-11-4-1-2-6-13(11)15-17-14(18-20-15)10-12-5-3-9-19-12/h1-2,4,6,12H,3,5,7-10,16H2. The van der Waals surface area contributed by atoms with E-state index in [2.05, 4.69) is 10.1 Å². The lowest BCUT2D eigenvalue weighted by atomic mass is 10.0. The van der Waals surface area contributed by atoms with Crippen molar-refractivity contribution in [3.63, 3.8) is 0 Å². The fraction of sp³-hybridized carbons (Fsp3) is 0.467. The summed E-state index contributed by atoms with van der Waals surface area (Å²) in [5.41, 5.74) is 7.76. The van der Waals surface area contributed by atoms with Gasteiger partial charge < -0.3 is 15.0 Å². The Morgan fingerprint density at radius 3 is 3.00 bits per heavy atom. The zero-order valence-electron chi connectivity index (χ0n) is 11.4. The van der Waals surface area contributed by atoms with Gasteiger partial charge in [0.05, 0.1) is 6.10 Å². The van der Waals surface area contributed by atoms with Crippen LogP contribution < -0.4 is 5.73 Å². The van der Waals surface area contributed by atoms with Crippen molar-refractivity contribution in [2.75, 3.05) is 13.2 Å². The summed E-state index contributed by atoms with van der Waals surface area (Å²) in [5, 5.41) is 4.06. The van der Waals surface area contributed by atoms with Crippen molar-refractivity contribution in [1.82, 2.24) is 10.1 Å². The molecule has 1 aromatic carbocycles. The molecule has 0 saturated carbocycles. The zero-order chi connectivity index (χ0) is 13.8. The van der Waals surface area contributed by atoms with Crippen LogP contribution in [0.4, 0.5) is 0 Å². The summed E-state index contributed by atoms with van der Waals surface area (Å²) >= 11 is 0. The molecule has 0 radical (unpaired) electrons. The summed E-state index contributed by atoms with van der Waals surface area (Å²) in [5.74, 6) is 1.29. The summed E-state index contributed by atoms with van der Waals surface area (Å²) in [6.07, 6.45) is 3.96. The van der Waals surface area contributed by atoms with Crippen molar-refractivity contribution in [2.45, 2.75) is 31.8 Å². The first-order chi connectivity index (χ1) is 9.86. The van der Waals surface area contributed by atoms with Gasteiger partial charge in [0.1, 0.15) is 0 Å². The van der Waals surface area contributed by atoms with Gasteiger partial charge in [0.25, 0.3) is 5.89 Å². The number of nitrogens with two attached hydrogens (primary N) is 1. The average Bonchev–Trinajstić information content (AvgIpc) is 3.12. The normalized spacial score (nSPS) is 18.6. The maximum absolute atomic E-state index is 5.64. The molecule has 0 aliphatic carbocycles. The molecule has 0 bridgehead atoms. The van der Waals surface area contributed by atoms with Gasteiger partial charge in [0.2, 0.25) is 0 Å². The number of aromatic nitrogens is 2. The highest BCUT2D eigenvalue weighted by Gasteiger charge is 2.20. The summed E-state index contributed by atoms with van der Waals surface area (Å²) < 4.78 is 11.0. The maximum Gasteiger partial charge on any atom is 0.258 e. The van der Waals surface area contributed by atoms with Crippen LogP contribution in [0, 0.1) is 0 Å². The number of hydrogen-bond donors (Lipinski definition) is 1. The molecule has 1 fully saturated rings. The van der Waals surface area contributed by atoms with E-state index in [4.69, 9.17) is 15.0 Å². The van der Waals surface area contributed by atoms with Gasteiger partial charge in [-0.3, -0.25) is 0 Å².